The number of carbonyl (C=O) groups is 1. The highest BCUT2D eigenvalue weighted by atomic mass is 32.1. The van der Waals surface area contributed by atoms with Crippen molar-refractivity contribution in [2.75, 3.05) is 7.11 Å². The smallest absolute Gasteiger partial charge is 0.226 e. The number of nitrogens with zero attached hydrogens (tertiary/aromatic N) is 2. The largest absolute Gasteiger partial charge is 0.497 e. The molecule has 3 aromatic rings. The van der Waals surface area contributed by atoms with Gasteiger partial charge in [0.2, 0.25) is 17.6 Å². The molecule has 6 nitrogen and oxygen atoms in total. The number of carbonyl (C=O) groups excluding carboxylic acids is 1. The van der Waals surface area contributed by atoms with Crippen LogP contribution in [0.5, 0.6) is 5.75 Å². The fourth-order valence-corrected chi connectivity index (χ4v) is 3.44. The summed E-state index contributed by atoms with van der Waals surface area (Å²) in [6.07, 6.45) is 2.50. The molecule has 2 aromatic heterocycles. The highest BCUT2D eigenvalue weighted by Gasteiger charge is 2.14. The summed E-state index contributed by atoms with van der Waals surface area (Å²) < 4.78 is 10.4. The number of ether oxygens (including phenoxy) is 1. The summed E-state index contributed by atoms with van der Waals surface area (Å²) in [6.45, 7) is 2.06. The van der Waals surface area contributed by atoms with Crippen LogP contribution in [0.25, 0.3) is 10.7 Å². The molecule has 1 atom stereocenters. The van der Waals surface area contributed by atoms with Crippen LogP contribution in [0.15, 0.2) is 46.3 Å². The van der Waals surface area contributed by atoms with Gasteiger partial charge in [0.1, 0.15) is 5.75 Å². The monoisotopic (exact) mass is 385 g/mol. The SMILES string of the molecule is CCC(NC(=O)CCCc1nc(-c2cccs2)no1)c1ccc(OC)cc1. The Morgan fingerprint density at radius 1 is 1.30 bits per heavy atom. The Kier molecular flexibility index (Phi) is 6.59. The standard InChI is InChI=1S/C20H23N3O3S/c1-3-16(14-9-11-15(25-2)12-10-14)21-18(24)7-4-8-19-22-20(23-26-19)17-6-5-13-27-17/h5-6,9-13,16H,3-4,7-8H2,1-2H3,(H,21,24). The van der Waals surface area contributed by atoms with E-state index in [0.29, 0.717) is 31.0 Å². The van der Waals surface area contributed by atoms with Gasteiger partial charge in [-0.3, -0.25) is 4.79 Å². The van der Waals surface area contributed by atoms with Crippen molar-refractivity contribution in [1.29, 1.82) is 0 Å². The van der Waals surface area contributed by atoms with Crippen molar-refractivity contribution in [3.63, 3.8) is 0 Å². The van der Waals surface area contributed by atoms with E-state index >= 15 is 0 Å². The number of hydrogen-bond acceptors (Lipinski definition) is 6. The zero-order valence-electron chi connectivity index (χ0n) is 15.5. The van der Waals surface area contributed by atoms with E-state index < -0.39 is 0 Å². The molecule has 27 heavy (non-hydrogen) atoms. The molecule has 0 fully saturated rings. The van der Waals surface area contributed by atoms with Crippen molar-refractivity contribution in [3.05, 3.63) is 53.2 Å². The summed E-state index contributed by atoms with van der Waals surface area (Å²) in [5.74, 6) is 2.00. The summed E-state index contributed by atoms with van der Waals surface area (Å²) in [4.78, 5) is 17.6. The second-order valence-electron chi connectivity index (χ2n) is 6.14. The molecule has 0 radical (unpaired) electrons. The van der Waals surface area contributed by atoms with E-state index in [9.17, 15) is 4.79 Å². The van der Waals surface area contributed by atoms with Crippen molar-refractivity contribution >= 4 is 17.2 Å². The number of amides is 1. The van der Waals surface area contributed by atoms with Crippen molar-refractivity contribution in [2.24, 2.45) is 0 Å². The van der Waals surface area contributed by atoms with Gasteiger partial charge in [0.15, 0.2) is 0 Å². The average Bonchev–Trinajstić information content (AvgIpc) is 3.38. The minimum atomic E-state index is -0.00255. The van der Waals surface area contributed by atoms with Gasteiger partial charge in [0.05, 0.1) is 18.0 Å². The van der Waals surface area contributed by atoms with E-state index in [1.54, 1.807) is 18.4 Å². The number of aryl methyl sites for hydroxylation is 1. The predicted octanol–water partition coefficient (Wildman–Crippen LogP) is 4.40. The Balaban J connectivity index is 1.47. The molecule has 0 bridgehead atoms. The lowest BCUT2D eigenvalue weighted by Gasteiger charge is -2.17. The van der Waals surface area contributed by atoms with Gasteiger partial charge in [-0.1, -0.05) is 30.3 Å². The van der Waals surface area contributed by atoms with Crippen LogP contribution in [-0.4, -0.2) is 23.2 Å². The van der Waals surface area contributed by atoms with Gasteiger partial charge in [-0.15, -0.1) is 11.3 Å². The third-order valence-electron chi connectivity index (χ3n) is 4.27. The Labute approximate surface area is 162 Å². The third-order valence-corrected chi connectivity index (χ3v) is 5.13. The number of thiophene rings is 1. The van der Waals surface area contributed by atoms with Crippen molar-refractivity contribution < 1.29 is 14.1 Å². The number of nitrogens with one attached hydrogen (secondary N) is 1. The Hall–Kier alpha value is -2.67. The number of hydrogen-bond donors (Lipinski definition) is 1. The first-order valence-corrected chi connectivity index (χ1v) is 9.87. The van der Waals surface area contributed by atoms with Crippen molar-refractivity contribution in [3.8, 4) is 16.5 Å². The first kappa shape index (κ1) is 19.1. The van der Waals surface area contributed by atoms with E-state index in [1.807, 2.05) is 41.8 Å². The molecular weight excluding hydrogens is 362 g/mol. The Morgan fingerprint density at radius 2 is 2.11 bits per heavy atom. The van der Waals surface area contributed by atoms with Crippen LogP contribution in [0.1, 0.15) is 43.7 Å². The van der Waals surface area contributed by atoms with E-state index in [-0.39, 0.29) is 11.9 Å². The van der Waals surface area contributed by atoms with Crippen LogP contribution < -0.4 is 10.1 Å². The minimum absolute atomic E-state index is 0.00255. The van der Waals surface area contributed by atoms with Crippen LogP contribution in [-0.2, 0) is 11.2 Å². The second-order valence-corrected chi connectivity index (χ2v) is 7.09. The lowest BCUT2D eigenvalue weighted by molar-refractivity contribution is -0.122. The fourth-order valence-electron chi connectivity index (χ4n) is 2.79. The van der Waals surface area contributed by atoms with Crippen LogP contribution in [0, 0.1) is 0 Å². The predicted molar refractivity (Wildman–Crippen MR) is 105 cm³/mol. The molecule has 3 rings (SSSR count). The first-order chi connectivity index (χ1) is 13.2. The van der Waals surface area contributed by atoms with Gasteiger partial charge in [-0.2, -0.15) is 4.98 Å². The third kappa shape index (κ3) is 5.17. The highest BCUT2D eigenvalue weighted by Crippen LogP contribution is 2.22. The zero-order chi connectivity index (χ0) is 19.1. The maximum atomic E-state index is 12.3. The molecule has 0 aliphatic heterocycles. The normalized spacial score (nSPS) is 11.9. The van der Waals surface area contributed by atoms with Crippen LogP contribution >= 0.6 is 11.3 Å². The molecule has 0 saturated heterocycles. The number of rotatable bonds is 9. The lowest BCUT2D eigenvalue weighted by atomic mass is 10.0. The summed E-state index contributed by atoms with van der Waals surface area (Å²) in [7, 11) is 1.64. The molecule has 1 unspecified atom stereocenters. The van der Waals surface area contributed by atoms with Gasteiger partial charge in [-0.25, -0.2) is 0 Å². The summed E-state index contributed by atoms with van der Waals surface area (Å²) in [5, 5.41) is 9.05. The summed E-state index contributed by atoms with van der Waals surface area (Å²) in [5.41, 5.74) is 1.07. The van der Waals surface area contributed by atoms with Gasteiger partial charge in [0, 0.05) is 12.8 Å². The minimum Gasteiger partial charge on any atom is -0.497 e. The maximum absolute atomic E-state index is 12.3. The molecule has 1 aromatic carbocycles. The lowest BCUT2D eigenvalue weighted by Crippen LogP contribution is -2.27. The highest BCUT2D eigenvalue weighted by molar-refractivity contribution is 7.13. The van der Waals surface area contributed by atoms with E-state index in [4.69, 9.17) is 9.26 Å². The van der Waals surface area contributed by atoms with E-state index in [1.165, 1.54) is 0 Å². The van der Waals surface area contributed by atoms with E-state index in [2.05, 4.69) is 22.4 Å². The van der Waals surface area contributed by atoms with Gasteiger partial charge >= 0.3 is 0 Å². The molecule has 1 amide bonds. The number of aromatic nitrogens is 2. The molecule has 2 heterocycles. The molecule has 0 aliphatic rings. The van der Waals surface area contributed by atoms with E-state index in [0.717, 1.165) is 22.6 Å². The summed E-state index contributed by atoms with van der Waals surface area (Å²) in [6, 6.07) is 11.7. The number of methoxy groups -OCH3 is 1. The molecule has 0 spiro atoms. The Bertz CT molecular complexity index is 844. The first-order valence-electron chi connectivity index (χ1n) is 8.99. The second kappa shape index (κ2) is 9.32. The molecule has 1 N–H and O–H groups in total. The molecule has 7 heteroatoms. The molecule has 0 saturated carbocycles. The topological polar surface area (TPSA) is 77.3 Å². The van der Waals surface area contributed by atoms with Crippen LogP contribution in [0.3, 0.4) is 0 Å². The van der Waals surface area contributed by atoms with Crippen LogP contribution in [0.4, 0.5) is 0 Å². The molecule has 0 aliphatic carbocycles. The molecular formula is C20H23N3O3S. The van der Waals surface area contributed by atoms with Crippen molar-refractivity contribution in [2.45, 2.75) is 38.6 Å². The molecule has 142 valence electrons. The van der Waals surface area contributed by atoms with Crippen molar-refractivity contribution in [1.82, 2.24) is 15.5 Å². The van der Waals surface area contributed by atoms with Crippen LogP contribution in [0.2, 0.25) is 0 Å². The number of benzene rings is 1. The fraction of sp³-hybridized carbons (Fsp3) is 0.350. The maximum Gasteiger partial charge on any atom is 0.226 e. The Morgan fingerprint density at radius 3 is 2.78 bits per heavy atom. The zero-order valence-corrected chi connectivity index (χ0v) is 16.3. The van der Waals surface area contributed by atoms with Gasteiger partial charge < -0.3 is 14.6 Å². The quantitative estimate of drug-likeness (QED) is 0.591. The average molecular weight is 385 g/mol. The summed E-state index contributed by atoms with van der Waals surface area (Å²) >= 11 is 1.57. The van der Waals surface area contributed by atoms with Gasteiger partial charge in [-0.05, 0) is 42.0 Å². The van der Waals surface area contributed by atoms with Gasteiger partial charge in [0.25, 0.3) is 0 Å².